The number of hydrogen-bond donors (Lipinski definition) is 2. The number of aliphatic hydroxyl groups is 1. The summed E-state index contributed by atoms with van der Waals surface area (Å²) >= 11 is 0. The van der Waals surface area contributed by atoms with Gasteiger partial charge in [0.2, 0.25) is 5.91 Å². The van der Waals surface area contributed by atoms with E-state index < -0.39 is 6.10 Å². The molecule has 4 rings (SSSR count). The van der Waals surface area contributed by atoms with Crippen LogP contribution in [0.2, 0.25) is 0 Å². The van der Waals surface area contributed by atoms with Crippen LogP contribution >= 0.6 is 0 Å². The molecule has 1 amide bonds. The molecule has 2 N–H and O–H groups in total. The van der Waals surface area contributed by atoms with Crippen molar-refractivity contribution in [1.82, 2.24) is 19.7 Å². The van der Waals surface area contributed by atoms with Crippen molar-refractivity contribution in [3.8, 4) is 0 Å². The maximum absolute atomic E-state index is 12.8. The summed E-state index contributed by atoms with van der Waals surface area (Å²) in [6.07, 6.45) is 5.36. The second kappa shape index (κ2) is 8.19. The van der Waals surface area contributed by atoms with Crippen LogP contribution in [0.25, 0.3) is 10.9 Å². The van der Waals surface area contributed by atoms with E-state index in [0.29, 0.717) is 25.1 Å². The van der Waals surface area contributed by atoms with Crippen LogP contribution in [0.5, 0.6) is 0 Å². The molecule has 6 heteroatoms. The first-order valence-electron chi connectivity index (χ1n) is 10.2. The number of carbonyl (C=O) groups is 1. The van der Waals surface area contributed by atoms with Gasteiger partial charge in [0.15, 0.2) is 0 Å². The molecule has 0 bridgehead atoms. The Hall–Kier alpha value is -2.60. The molecule has 0 saturated heterocycles. The number of aromatic amines is 1. The highest BCUT2D eigenvalue weighted by Gasteiger charge is 2.22. The van der Waals surface area contributed by atoms with E-state index in [2.05, 4.69) is 34.5 Å². The molecule has 2 aromatic heterocycles. The van der Waals surface area contributed by atoms with Gasteiger partial charge in [0.1, 0.15) is 0 Å². The number of aliphatic hydroxyl groups excluding tert-OH is 1. The minimum Gasteiger partial charge on any atom is -0.387 e. The molecule has 0 saturated carbocycles. The first-order valence-corrected chi connectivity index (χ1v) is 10.2. The van der Waals surface area contributed by atoms with Crippen LogP contribution in [0.15, 0.2) is 36.5 Å². The number of aryl methyl sites for hydroxylation is 2. The summed E-state index contributed by atoms with van der Waals surface area (Å²) in [4.78, 5) is 18.0. The molecule has 6 nitrogen and oxygen atoms in total. The van der Waals surface area contributed by atoms with Crippen molar-refractivity contribution < 1.29 is 9.90 Å². The highest BCUT2D eigenvalue weighted by Crippen LogP contribution is 2.22. The quantitative estimate of drug-likeness (QED) is 0.687. The number of nitrogens with zero attached hydrogens (tertiary/aromatic N) is 3. The van der Waals surface area contributed by atoms with Gasteiger partial charge in [0.05, 0.1) is 24.0 Å². The number of hydrogen-bond acceptors (Lipinski definition) is 3. The number of carbonyl (C=O) groups excluding carboxylic acids is 1. The number of nitrogens with one attached hydrogen (secondary N) is 1. The van der Waals surface area contributed by atoms with Crippen LogP contribution in [0, 0.1) is 0 Å². The van der Waals surface area contributed by atoms with Crippen molar-refractivity contribution >= 4 is 16.8 Å². The van der Waals surface area contributed by atoms with Crippen LogP contribution < -0.4 is 0 Å². The summed E-state index contributed by atoms with van der Waals surface area (Å²) in [7, 11) is 0. The molecule has 3 aromatic rings. The SMILES string of the molecule is CCC(O)c1cc2n(n1)CCCN(C(=O)CCCc1c[nH]c3ccccc13)C2. The predicted octanol–water partition coefficient (Wildman–Crippen LogP) is 3.56. The largest absolute Gasteiger partial charge is 0.387 e. The van der Waals surface area contributed by atoms with Gasteiger partial charge >= 0.3 is 0 Å². The van der Waals surface area contributed by atoms with Crippen LogP contribution in [0.3, 0.4) is 0 Å². The lowest BCUT2D eigenvalue weighted by Gasteiger charge is -2.20. The molecule has 1 aliphatic heterocycles. The maximum Gasteiger partial charge on any atom is 0.222 e. The van der Waals surface area contributed by atoms with Gasteiger partial charge in [0.25, 0.3) is 0 Å². The molecule has 1 aliphatic rings. The van der Waals surface area contributed by atoms with E-state index in [1.165, 1.54) is 10.9 Å². The Morgan fingerprint density at radius 1 is 1.32 bits per heavy atom. The Morgan fingerprint density at radius 3 is 3.04 bits per heavy atom. The van der Waals surface area contributed by atoms with Crippen molar-refractivity contribution in [2.24, 2.45) is 0 Å². The first-order chi connectivity index (χ1) is 13.7. The summed E-state index contributed by atoms with van der Waals surface area (Å²) in [6.45, 7) is 4.08. The number of rotatable bonds is 6. The average Bonchev–Trinajstić information content (AvgIpc) is 3.25. The molecule has 28 heavy (non-hydrogen) atoms. The van der Waals surface area contributed by atoms with Crippen molar-refractivity contribution in [1.29, 1.82) is 0 Å². The second-order valence-corrected chi connectivity index (χ2v) is 7.59. The standard InChI is InChI=1S/C22H28N4O2/c1-2-21(27)20-13-17-15-25(11-6-12-26(17)24-20)22(28)10-5-7-16-14-23-19-9-4-3-8-18(16)19/h3-4,8-9,13-14,21,23,27H,2,5-7,10-12,15H2,1H3. The Labute approximate surface area is 165 Å². The molecule has 0 aliphatic carbocycles. The number of amides is 1. The zero-order valence-electron chi connectivity index (χ0n) is 16.4. The third-order valence-corrected chi connectivity index (χ3v) is 5.63. The van der Waals surface area contributed by atoms with Crippen LogP contribution in [-0.4, -0.2) is 37.2 Å². The van der Waals surface area contributed by atoms with E-state index in [9.17, 15) is 9.90 Å². The number of H-pyrrole nitrogens is 1. The number of fused-ring (bicyclic) bond motifs is 2. The van der Waals surface area contributed by atoms with E-state index in [4.69, 9.17) is 0 Å². The third kappa shape index (κ3) is 3.83. The van der Waals surface area contributed by atoms with Crippen molar-refractivity contribution in [3.05, 3.63) is 53.5 Å². The highest BCUT2D eigenvalue weighted by atomic mass is 16.3. The minimum atomic E-state index is -0.528. The zero-order valence-corrected chi connectivity index (χ0v) is 16.4. The zero-order chi connectivity index (χ0) is 19.5. The molecule has 3 heterocycles. The Balaban J connectivity index is 1.36. The smallest absolute Gasteiger partial charge is 0.222 e. The van der Waals surface area contributed by atoms with Crippen LogP contribution in [0.1, 0.15) is 55.7 Å². The van der Waals surface area contributed by atoms with E-state index in [1.807, 2.05) is 28.6 Å². The fourth-order valence-corrected chi connectivity index (χ4v) is 4.00. The fourth-order valence-electron chi connectivity index (χ4n) is 4.00. The molecule has 1 unspecified atom stereocenters. The summed E-state index contributed by atoms with van der Waals surface area (Å²) in [5.74, 6) is 0.201. The first kappa shape index (κ1) is 18.7. The summed E-state index contributed by atoms with van der Waals surface area (Å²) in [6, 6.07) is 10.2. The maximum atomic E-state index is 12.8. The molecule has 148 valence electrons. The van der Waals surface area contributed by atoms with Gasteiger partial charge in [-0.25, -0.2) is 0 Å². The minimum absolute atomic E-state index is 0.201. The normalized spacial score (nSPS) is 15.4. The second-order valence-electron chi connectivity index (χ2n) is 7.59. The number of benzene rings is 1. The van der Waals surface area contributed by atoms with Gasteiger partial charge in [-0.15, -0.1) is 0 Å². The van der Waals surface area contributed by atoms with Gasteiger partial charge in [-0.3, -0.25) is 9.48 Å². The van der Waals surface area contributed by atoms with Crippen molar-refractivity contribution in [2.75, 3.05) is 6.54 Å². The molecular formula is C22H28N4O2. The topological polar surface area (TPSA) is 74.2 Å². The average molecular weight is 380 g/mol. The van der Waals surface area contributed by atoms with Gasteiger partial charge in [-0.1, -0.05) is 25.1 Å². The number of aromatic nitrogens is 3. The predicted molar refractivity (Wildman–Crippen MR) is 109 cm³/mol. The summed E-state index contributed by atoms with van der Waals surface area (Å²) < 4.78 is 1.95. The fraction of sp³-hybridized carbons (Fsp3) is 0.455. The van der Waals surface area contributed by atoms with Crippen molar-refractivity contribution in [2.45, 2.75) is 58.2 Å². The van der Waals surface area contributed by atoms with E-state index >= 15 is 0 Å². The Kier molecular flexibility index (Phi) is 5.48. The van der Waals surface area contributed by atoms with Gasteiger partial charge in [-0.2, -0.15) is 5.10 Å². The van der Waals surface area contributed by atoms with E-state index in [0.717, 1.165) is 43.6 Å². The molecular weight excluding hydrogens is 352 g/mol. The van der Waals surface area contributed by atoms with E-state index in [-0.39, 0.29) is 5.91 Å². The molecule has 0 fully saturated rings. The van der Waals surface area contributed by atoms with Crippen LogP contribution in [-0.2, 0) is 24.3 Å². The van der Waals surface area contributed by atoms with Gasteiger partial charge in [0, 0.05) is 36.6 Å². The molecule has 0 radical (unpaired) electrons. The lowest BCUT2D eigenvalue weighted by molar-refractivity contribution is -0.131. The Bertz CT molecular complexity index is 959. The number of para-hydroxylation sites is 1. The monoisotopic (exact) mass is 380 g/mol. The van der Waals surface area contributed by atoms with Crippen molar-refractivity contribution in [3.63, 3.8) is 0 Å². The third-order valence-electron chi connectivity index (χ3n) is 5.63. The Morgan fingerprint density at radius 2 is 2.18 bits per heavy atom. The van der Waals surface area contributed by atoms with E-state index in [1.54, 1.807) is 0 Å². The molecule has 1 aromatic carbocycles. The summed E-state index contributed by atoms with van der Waals surface area (Å²) in [5.41, 5.74) is 4.15. The summed E-state index contributed by atoms with van der Waals surface area (Å²) in [5, 5.41) is 15.8. The van der Waals surface area contributed by atoms with Gasteiger partial charge in [-0.05, 0) is 43.4 Å². The lowest BCUT2D eigenvalue weighted by Crippen LogP contribution is -2.30. The van der Waals surface area contributed by atoms with Gasteiger partial charge < -0.3 is 15.0 Å². The molecule has 1 atom stereocenters. The molecule has 0 spiro atoms. The lowest BCUT2D eigenvalue weighted by atomic mass is 10.1. The highest BCUT2D eigenvalue weighted by molar-refractivity contribution is 5.83. The van der Waals surface area contributed by atoms with Crippen LogP contribution in [0.4, 0.5) is 0 Å².